The molecule has 2 N–H and O–H groups in total. The Bertz CT molecular complexity index is 1450. The van der Waals surface area contributed by atoms with E-state index in [4.69, 9.17) is 9.47 Å². The van der Waals surface area contributed by atoms with E-state index in [1.165, 1.54) is 11.1 Å². The summed E-state index contributed by atoms with van der Waals surface area (Å²) in [5.74, 6) is 0.975. The van der Waals surface area contributed by atoms with Crippen LogP contribution >= 0.6 is 0 Å². The number of ether oxygens (including phenoxy) is 2. The van der Waals surface area contributed by atoms with Crippen molar-refractivity contribution in [2.45, 2.75) is 12.8 Å². The van der Waals surface area contributed by atoms with Gasteiger partial charge in [-0.3, -0.25) is 9.59 Å². The standard InChI is InChI=1S/C36H32N2O4/c39-35(29-11-19-33(20-12-29)41-25-23-27-7-3-1-4-8-27)37-31-15-17-32(18-16-31)38-36(40)30-13-21-34(22-14-30)42-26-24-28-9-5-2-6-10-28/h1-22H,23-26H2,(H,37,39)(H,38,40). The zero-order valence-electron chi connectivity index (χ0n) is 23.2. The second-order valence-corrected chi connectivity index (χ2v) is 9.70. The normalized spacial score (nSPS) is 10.5. The van der Waals surface area contributed by atoms with Gasteiger partial charge in [0.2, 0.25) is 0 Å². The Balaban J connectivity index is 1.06. The first-order valence-corrected chi connectivity index (χ1v) is 13.9. The van der Waals surface area contributed by atoms with Gasteiger partial charge in [0.25, 0.3) is 11.8 Å². The Morgan fingerprint density at radius 2 is 0.810 bits per heavy atom. The number of nitrogens with one attached hydrogen (secondary N) is 2. The third-order valence-corrected chi connectivity index (χ3v) is 6.64. The van der Waals surface area contributed by atoms with E-state index in [0.29, 0.717) is 47.2 Å². The predicted molar refractivity (Wildman–Crippen MR) is 167 cm³/mol. The van der Waals surface area contributed by atoms with Gasteiger partial charge in [-0.25, -0.2) is 0 Å². The van der Waals surface area contributed by atoms with E-state index < -0.39 is 0 Å². The molecule has 0 aliphatic heterocycles. The van der Waals surface area contributed by atoms with E-state index in [9.17, 15) is 9.59 Å². The van der Waals surface area contributed by atoms with E-state index >= 15 is 0 Å². The maximum absolute atomic E-state index is 12.7. The highest BCUT2D eigenvalue weighted by Crippen LogP contribution is 2.19. The van der Waals surface area contributed by atoms with Crippen molar-refractivity contribution in [3.8, 4) is 11.5 Å². The first-order chi connectivity index (χ1) is 20.6. The molecule has 0 heterocycles. The Morgan fingerprint density at radius 3 is 1.17 bits per heavy atom. The number of rotatable bonds is 12. The van der Waals surface area contributed by atoms with Gasteiger partial charge in [0.1, 0.15) is 11.5 Å². The molecule has 42 heavy (non-hydrogen) atoms. The third-order valence-electron chi connectivity index (χ3n) is 6.64. The van der Waals surface area contributed by atoms with E-state index in [-0.39, 0.29) is 11.8 Å². The van der Waals surface area contributed by atoms with Gasteiger partial charge in [0, 0.05) is 35.3 Å². The topological polar surface area (TPSA) is 76.7 Å². The van der Waals surface area contributed by atoms with Gasteiger partial charge >= 0.3 is 0 Å². The first kappa shape index (κ1) is 28.2. The molecule has 6 heteroatoms. The van der Waals surface area contributed by atoms with Crippen molar-refractivity contribution in [3.63, 3.8) is 0 Å². The minimum Gasteiger partial charge on any atom is -0.493 e. The molecule has 0 spiro atoms. The second kappa shape index (κ2) is 14.3. The molecule has 5 aromatic rings. The maximum Gasteiger partial charge on any atom is 0.255 e. The zero-order chi connectivity index (χ0) is 29.0. The van der Waals surface area contributed by atoms with Crippen LogP contribution in [0.4, 0.5) is 11.4 Å². The summed E-state index contributed by atoms with van der Waals surface area (Å²) in [6.45, 7) is 1.13. The van der Waals surface area contributed by atoms with Crippen molar-refractivity contribution in [3.05, 3.63) is 156 Å². The van der Waals surface area contributed by atoms with E-state index in [2.05, 4.69) is 34.9 Å². The highest BCUT2D eigenvalue weighted by molar-refractivity contribution is 6.05. The van der Waals surface area contributed by atoms with Gasteiger partial charge < -0.3 is 20.1 Å². The van der Waals surface area contributed by atoms with Crippen LogP contribution in [0, 0.1) is 0 Å². The van der Waals surface area contributed by atoms with E-state index in [0.717, 1.165) is 12.8 Å². The average molecular weight is 557 g/mol. The van der Waals surface area contributed by atoms with Crippen LogP contribution in [0.3, 0.4) is 0 Å². The second-order valence-electron chi connectivity index (χ2n) is 9.70. The van der Waals surface area contributed by atoms with E-state index in [1.54, 1.807) is 72.8 Å². The summed E-state index contributed by atoms with van der Waals surface area (Å²) in [4.78, 5) is 25.4. The Hall–Kier alpha value is -5.36. The molecule has 0 aliphatic rings. The Kier molecular flexibility index (Phi) is 9.61. The number of carbonyl (C=O) groups excluding carboxylic acids is 2. The molecular weight excluding hydrogens is 524 g/mol. The quantitative estimate of drug-likeness (QED) is 0.168. The average Bonchev–Trinajstić information content (AvgIpc) is 3.04. The molecule has 0 bridgehead atoms. The highest BCUT2D eigenvalue weighted by atomic mass is 16.5. The van der Waals surface area contributed by atoms with Gasteiger partial charge in [-0.05, 0) is 83.9 Å². The van der Waals surface area contributed by atoms with Crippen LogP contribution in [0.15, 0.2) is 133 Å². The summed E-state index contributed by atoms with van der Waals surface area (Å²) in [7, 11) is 0. The van der Waals surface area contributed by atoms with Crippen molar-refractivity contribution in [2.24, 2.45) is 0 Å². The van der Waals surface area contributed by atoms with Crippen LogP contribution in [-0.2, 0) is 12.8 Å². The highest BCUT2D eigenvalue weighted by Gasteiger charge is 2.09. The van der Waals surface area contributed by atoms with Crippen molar-refractivity contribution >= 4 is 23.2 Å². The molecule has 0 fully saturated rings. The van der Waals surface area contributed by atoms with Crippen LogP contribution in [-0.4, -0.2) is 25.0 Å². The number of hydrogen-bond donors (Lipinski definition) is 2. The largest absolute Gasteiger partial charge is 0.493 e. The Morgan fingerprint density at radius 1 is 0.452 bits per heavy atom. The van der Waals surface area contributed by atoms with Crippen molar-refractivity contribution in [2.75, 3.05) is 23.8 Å². The molecule has 0 saturated carbocycles. The fourth-order valence-corrected chi connectivity index (χ4v) is 4.31. The molecule has 0 atom stereocenters. The molecule has 5 rings (SSSR count). The van der Waals surface area contributed by atoms with Crippen molar-refractivity contribution in [1.82, 2.24) is 0 Å². The summed E-state index contributed by atoms with van der Waals surface area (Å²) in [5.41, 5.74) is 4.73. The predicted octanol–water partition coefficient (Wildman–Crippen LogP) is 7.43. The lowest BCUT2D eigenvalue weighted by atomic mass is 10.1. The number of anilines is 2. The van der Waals surface area contributed by atoms with Gasteiger partial charge in [0.05, 0.1) is 13.2 Å². The maximum atomic E-state index is 12.7. The monoisotopic (exact) mass is 556 g/mol. The zero-order valence-corrected chi connectivity index (χ0v) is 23.2. The van der Waals surface area contributed by atoms with Crippen LogP contribution in [0.5, 0.6) is 11.5 Å². The lowest BCUT2D eigenvalue weighted by Gasteiger charge is -2.10. The van der Waals surface area contributed by atoms with Gasteiger partial charge in [-0.2, -0.15) is 0 Å². The van der Waals surface area contributed by atoms with E-state index in [1.807, 2.05) is 36.4 Å². The SMILES string of the molecule is O=C(Nc1ccc(NC(=O)c2ccc(OCCc3ccccc3)cc2)cc1)c1ccc(OCCc2ccccc2)cc1. The molecule has 0 saturated heterocycles. The molecule has 0 radical (unpaired) electrons. The van der Waals surface area contributed by atoms with Crippen molar-refractivity contribution in [1.29, 1.82) is 0 Å². The number of amides is 2. The molecule has 0 aliphatic carbocycles. The minimum absolute atomic E-state index is 0.228. The number of hydrogen-bond acceptors (Lipinski definition) is 4. The third kappa shape index (κ3) is 8.32. The van der Waals surface area contributed by atoms with Gasteiger partial charge in [-0.1, -0.05) is 60.7 Å². The smallest absolute Gasteiger partial charge is 0.255 e. The fraction of sp³-hybridized carbons (Fsp3) is 0.111. The number of benzene rings is 5. The van der Waals surface area contributed by atoms with Crippen molar-refractivity contribution < 1.29 is 19.1 Å². The van der Waals surface area contributed by atoms with Crippen LogP contribution in [0.1, 0.15) is 31.8 Å². The summed E-state index contributed by atoms with van der Waals surface area (Å²) >= 11 is 0. The minimum atomic E-state index is -0.228. The summed E-state index contributed by atoms with van der Waals surface area (Å²) in [6.07, 6.45) is 1.63. The molecular formula is C36H32N2O4. The number of carbonyl (C=O) groups is 2. The summed E-state index contributed by atoms with van der Waals surface area (Å²) in [6, 6.07) is 41.4. The molecule has 2 amide bonds. The van der Waals surface area contributed by atoms with Gasteiger partial charge in [0.15, 0.2) is 0 Å². The summed E-state index contributed by atoms with van der Waals surface area (Å²) < 4.78 is 11.6. The van der Waals surface area contributed by atoms with Gasteiger partial charge in [-0.15, -0.1) is 0 Å². The lowest BCUT2D eigenvalue weighted by molar-refractivity contribution is 0.101. The lowest BCUT2D eigenvalue weighted by Crippen LogP contribution is -2.13. The Labute approximate surface area is 245 Å². The van der Waals surface area contributed by atoms with Crippen LogP contribution in [0.25, 0.3) is 0 Å². The van der Waals surface area contributed by atoms with Crippen LogP contribution < -0.4 is 20.1 Å². The molecule has 210 valence electrons. The first-order valence-electron chi connectivity index (χ1n) is 13.9. The fourth-order valence-electron chi connectivity index (χ4n) is 4.31. The van der Waals surface area contributed by atoms with Crippen LogP contribution in [0.2, 0.25) is 0 Å². The molecule has 0 unspecified atom stereocenters. The molecule has 6 nitrogen and oxygen atoms in total. The molecule has 0 aromatic heterocycles. The molecule has 5 aromatic carbocycles. The summed E-state index contributed by atoms with van der Waals surface area (Å²) in [5, 5.41) is 5.76.